The number of hydrogen-bond acceptors (Lipinski definition) is 3. The highest BCUT2D eigenvalue weighted by molar-refractivity contribution is 6.31. The van der Waals surface area contributed by atoms with Gasteiger partial charge in [0.25, 0.3) is 5.91 Å². The van der Waals surface area contributed by atoms with Crippen LogP contribution in [0.2, 0.25) is 5.02 Å². The lowest BCUT2D eigenvalue weighted by atomic mass is 9.88. The molecule has 1 spiro atoms. The van der Waals surface area contributed by atoms with Crippen LogP contribution in [0.15, 0.2) is 23.2 Å². The highest BCUT2D eigenvalue weighted by atomic mass is 35.5. The fourth-order valence-electron chi connectivity index (χ4n) is 2.77. The molecule has 1 aromatic rings. The van der Waals surface area contributed by atoms with Gasteiger partial charge in [0.2, 0.25) is 0 Å². The van der Waals surface area contributed by atoms with E-state index in [1.807, 2.05) is 19.1 Å². The number of fused-ring (bicyclic) bond motifs is 1. The van der Waals surface area contributed by atoms with Gasteiger partial charge in [-0.15, -0.1) is 0 Å². The second-order valence-corrected chi connectivity index (χ2v) is 5.56. The summed E-state index contributed by atoms with van der Waals surface area (Å²) in [7, 11) is 0. The molecule has 1 amide bonds. The van der Waals surface area contributed by atoms with Gasteiger partial charge in [0, 0.05) is 22.0 Å². The number of anilines is 1. The first-order valence-electron chi connectivity index (χ1n) is 6.49. The third-order valence-electron chi connectivity index (χ3n) is 3.85. The van der Waals surface area contributed by atoms with Gasteiger partial charge in [-0.1, -0.05) is 11.6 Å². The van der Waals surface area contributed by atoms with Crippen molar-refractivity contribution < 1.29 is 4.79 Å². The summed E-state index contributed by atoms with van der Waals surface area (Å²) >= 11 is 6.03. The van der Waals surface area contributed by atoms with Gasteiger partial charge in [0.1, 0.15) is 5.54 Å². The van der Waals surface area contributed by atoms with E-state index in [4.69, 9.17) is 16.6 Å². The van der Waals surface area contributed by atoms with E-state index in [1.54, 1.807) is 6.07 Å². The first-order chi connectivity index (χ1) is 9.11. The van der Waals surface area contributed by atoms with Crippen molar-refractivity contribution in [2.24, 2.45) is 4.99 Å². The molecule has 0 aromatic heterocycles. The predicted octanol–water partition coefficient (Wildman–Crippen LogP) is 2.22. The van der Waals surface area contributed by atoms with Gasteiger partial charge in [-0.25, -0.2) is 0 Å². The second-order valence-electron chi connectivity index (χ2n) is 5.12. The minimum absolute atomic E-state index is 0.00516. The van der Waals surface area contributed by atoms with Crippen LogP contribution in [0.25, 0.3) is 0 Å². The van der Waals surface area contributed by atoms with Crippen LogP contribution in [0.5, 0.6) is 0 Å². The van der Waals surface area contributed by atoms with Crippen LogP contribution in [0, 0.1) is 0 Å². The van der Waals surface area contributed by atoms with Crippen molar-refractivity contribution in [1.29, 1.82) is 0 Å². The monoisotopic (exact) mass is 277 g/mol. The average Bonchev–Trinajstić information content (AvgIpc) is 2.49. The summed E-state index contributed by atoms with van der Waals surface area (Å²) in [5.41, 5.74) is 1.96. The number of aliphatic imine (C=N–C) groups is 1. The molecule has 0 aliphatic carbocycles. The Bertz CT molecular complexity index is 562. The van der Waals surface area contributed by atoms with Crippen molar-refractivity contribution in [2.45, 2.75) is 25.3 Å². The lowest BCUT2D eigenvalue weighted by Gasteiger charge is -2.31. The van der Waals surface area contributed by atoms with Crippen molar-refractivity contribution in [3.63, 3.8) is 0 Å². The molecule has 0 atom stereocenters. The molecule has 5 heteroatoms. The van der Waals surface area contributed by atoms with E-state index in [2.05, 4.69) is 10.6 Å². The Hall–Kier alpha value is -1.39. The zero-order chi connectivity index (χ0) is 13.5. The normalized spacial score (nSPS) is 21.4. The lowest BCUT2D eigenvalue weighted by molar-refractivity contribution is -0.121. The molecule has 19 heavy (non-hydrogen) atoms. The van der Waals surface area contributed by atoms with Crippen molar-refractivity contribution in [3.8, 4) is 0 Å². The molecule has 4 nitrogen and oxygen atoms in total. The molecular weight excluding hydrogens is 262 g/mol. The first kappa shape index (κ1) is 12.6. The molecule has 1 aromatic carbocycles. The number of piperidine rings is 1. The molecule has 1 saturated heterocycles. The average molecular weight is 278 g/mol. The van der Waals surface area contributed by atoms with Crippen LogP contribution in [-0.2, 0) is 4.79 Å². The van der Waals surface area contributed by atoms with Gasteiger partial charge in [-0.2, -0.15) is 0 Å². The van der Waals surface area contributed by atoms with E-state index in [0.717, 1.165) is 42.9 Å². The summed E-state index contributed by atoms with van der Waals surface area (Å²) in [6, 6.07) is 5.49. The number of nitrogens with zero attached hydrogens (tertiary/aromatic N) is 1. The number of hydrogen-bond donors (Lipinski definition) is 2. The standard InChI is InChI=1S/C14H16ClN3O/c1-9-11-8-10(15)2-3-12(11)17-13(19)14(18-9)4-6-16-7-5-14/h2-3,8,16H,4-7H2,1H3,(H,17,19). The second kappa shape index (κ2) is 4.62. The fourth-order valence-corrected chi connectivity index (χ4v) is 2.95. The van der Waals surface area contributed by atoms with Gasteiger partial charge < -0.3 is 10.6 Å². The topological polar surface area (TPSA) is 53.5 Å². The number of nitrogens with one attached hydrogen (secondary N) is 2. The Labute approximate surface area is 117 Å². The Morgan fingerprint density at radius 1 is 1.32 bits per heavy atom. The number of carbonyl (C=O) groups is 1. The van der Waals surface area contributed by atoms with Crippen LogP contribution in [0.3, 0.4) is 0 Å². The third kappa shape index (κ3) is 2.15. The quantitative estimate of drug-likeness (QED) is 0.764. The van der Waals surface area contributed by atoms with E-state index < -0.39 is 5.54 Å². The van der Waals surface area contributed by atoms with Crippen molar-refractivity contribution >= 4 is 28.9 Å². The SMILES string of the molecule is CC1=NC2(CCNCC2)C(=O)Nc2ccc(Cl)cc21. The van der Waals surface area contributed by atoms with E-state index in [1.165, 1.54) is 0 Å². The zero-order valence-electron chi connectivity index (χ0n) is 10.8. The number of rotatable bonds is 0. The molecule has 2 heterocycles. The molecule has 0 radical (unpaired) electrons. The number of benzene rings is 1. The van der Waals surface area contributed by atoms with Gasteiger partial charge >= 0.3 is 0 Å². The predicted molar refractivity (Wildman–Crippen MR) is 77.1 cm³/mol. The number of halogens is 1. The van der Waals surface area contributed by atoms with Gasteiger partial charge in [0.05, 0.1) is 0 Å². The Kier molecular flexibility index (Phi) is 3.07. The van der Waals surface area contributed by atoms with E-state index in [-0.39, 0.29) is 5.91 Å². The van der Waals surface area contributed by atoms with Crippen LogP contribution >= 0.6 is 11.6 Å². The summed E-state index contributed by atoms with van der Waals surface area (Å²) in [4.78, 5) is 17.2. The smallest absolute Gasteiger partial charge is 0.252 e. The van der Waals surface area contributed by atoms with Gasteiger partial charge in [0.15, 0.2) is 0 Å². The van der Waals surface area contributed by atoms with E-state index in [9.17, 15) is 4.79 Å². The van der Waals surface area contributed by atoms with Crippen molar-refractivity contribution in [1.82, 2.24) is 5.32 Å². The van der Waals surface area contributed by atoms with E-state index >= 15 is 0 Å². The Morgan fingerprint density at radius 3 is 2.79 bits per heavy atom. The highest BCUT2D eigenvalue weighted by Crippen LogP contribution is 2.32. The van der Waals surface area contributed by atoms with Crippen molar-refractivity contribution in [2.75, 3.05) is 18.4 Å². The highest BCUT2D eigenvalue weighted by Gasteiger charge is 2.41. The van der Waals surface area contributed by atoms with Gasteiger partial charge in [-0.05, 0) is 51.1 Å². The molecule has 0 saturated carbocycles. The van der Waals surface area contributed by atoms with Crippen LogP contribution in [0.4, 0.5) is 5.69 Å². The third-order valence-corrected chi connectivity index (χ3v) is 4.09. The van der Waals surface area contributed by atoms with Crippen LogP contribution in [-0.4, -0.2) is 30.2 Å². The summed E-state index contributed by atoms with van der Waals surface area (Å²) in [6.07, 6.45) is 1.47. The molecule has 2 aliphatic rings. The molecule has 0 unspecified atom stereocenters. The molecule has 1 fully saturated rings. The molecule has 2 aliphatic heterocycles. The van der Waals surface area contributed by atoms with Crippen LogP contribution < -0.4 is 10.6 Å². The van der Waals surface area contributed by atoms with Gasteiger partial charge in [-0.3, -0.25) is 9.79 Å². The molecule has 3 rings (SSSR count). The summed E-state index contributed by atoms with van der Waals surface area (Å²) in [5, 5.41) is 6.93. The van der Waals surface area contributed by atoms with Crippen molar-refractivity contribution in [3.05, 3.63) is 28.8 Å². The molecule has 2 N–H and O–H groups in total. The first-order valence-corrected chi connectivity index (χ1v) is 6.87. The molecule has 0 bridgehead atoms. The lowest BCUT2D eigenvalue weighted by Crippen LogP contribution is -2.49. The zero-order valence-corrected chi connectivity index (χ0v) is 11.5. The van der Waals surface area contributed by atoms with Crippen LogP contribution in [0.1, 0.15) is 25.3 Å². The molecule has 100 valence electrons. The minimum Gasteiger partial charge on any atom is -0.323 e. The maximum atomic E-state index is 12.5. The maximum absolute atomic E-state index is 12.5. The summed E-state index contributed by atoms with van der Waals surface area (Å²) in [6.45, 7) is 3.59. The summed E-state index contributed by atoms with van der Waals surface area (Å²) < 4.78 is 0. The Morgan fingerprint density at radius 2 is 2.05 bits per heavy atom. The number of amides is 1. The number of carbonyl (C=O) groups excluding carboxylic acids is 1. The molecular formula is C14H16ClN3O. The largest absolute Gasteiger partial charge is 0.323 e. The maximum Gasteiger partial charge on any atom is 0.252 e. The van der Waals surface area contributed by atoms with E-state index in [0.29, 0.717) is 5.02 Å². The minimum atomic E-state index is -0.624. The summed E-state index contributed by atoms with van der Waals surface area (Å²) in [5.74, 6) is -0.00516. The fraction of sp³-hybridized carbons (Fsp3) is 0.429. The Balaban J connectivity index is 2.09.